The van der Waals surface area contributed by atoms with Crippen LogP contribution in [0.3, 0.4) is 0 Å². The van der Waals surface area contributed by atoms with Gasteiger partial charge in [-0.25, -0.2) is 0 Å². The van der Waals surface area contributed by atoms with E-state index in [4.69, 9.17) is 10.1 Å². The molecule has 0 saturated carbocycles. The van der Waals surface area contributed by atoms with Crippen molar-refractivity contribution in [1.29, 1.82) is 5.41 Å². The fourth-order valence-corrected chi connectivity index (χ4v) is 5.29. The summed E-state index contributed by atoms with van der Waals surface area (Å²) in [4.78, 5) is 1.31. The zero-order chi connectivity index (χ0) is 24.3. The minimum atomic E-state index is -0.0719. The number of nitrogens with one attached hydrogen (secondary N) is 1. The van der Waals surface area contributed by atoms with Gasteiger partial charge in [0.2, 0.25) is 0 Å². The molecule has 0 heterocycles. The van der Waals surface area contributed by atoms with Gasteiger partial charge >= 0.3 is 0 Å². The summed E-state index contributed by atoms with van der Waals surface area (Å²) >= 11 is 1.93. The van der Waals surface area contributed by atoms with Gasteiger partial charge in [-0.1, -0.05) is 90.1 Å². The first kappa shape index (κ1) is 25.4. The number of hydrogen-bond acceptors (Lipinski definition) is 3. The largest absolute Gasteiger partial charge is 0.492 e. The zero-order valence-electron chi connectivity index (χ0n) is 21.3. The Labute approximate surface area is 205 Å². The predicted molar refractivity (Wildman–Crippen MR) is 145 cm³/mol. The van der Waals surface area contributed by atoms with Crippen LogP contribution >= 0.6 is 11.8 Å². The lowest BCUT2D eigenvalue weighted by molar-refractivity contribution is 0.311. The van der Waals surface area contributed by atoms with E-state index in [1.807, 2.05) is 11.8 Å². The molecule has 1 unspecified atom stereocenters. The minimum absolute atomic E-state index is 0.0192. The van der Waals surface area contributed by atoms with Crippen molar-refractivity contribution in [1.82, 2.24) is 0 Å². The molecule has 0 amide bonds. The van der Waals surface area contributed by atoms with Gasteiger partial charge in [0.05, 0.1) is 6.61 Å². The van der Waals surface area contributed by atoms with Crippen molar-refractivity contribution >= 4 is 18.0 Å². The molecule has 2 aromatic rings. The van der Waals surface area contributed by atoms with Crippen LogP contribution in [-0.4, -0.2) is 17.6 Å². The van der Waals surface area contributed by atoms with Crippen LogP contribution in [0.1, 0.15) is 77.1 Å². The van der Waals surface area contributed by atoms with Crippen LogP contribution in [-0.2, 0) is 17.3 Å². The molecule has 1 atom stereocenters. The van der Waals surface area contributed by atoms with Gasteiger partial charge in [0, 0.05) is 33.4 Å². The van der Waals surface area contributed by atoms with Gasteiger partial charge in [-0.05, 0) is 47.4 Å². The molecule has 1 aliphatic rings. The lowest BCUT2D eigenvalue weighted by Gasteiger charge is -2.29. The smallest absolute Gasteiger partial charge is 0.131 e. The number of hydrogen-bond donors (Lipinski definition) is 1. The Morgan fingerprint density at radius 2 is 1.76 bits per heavy atom. The van der Waals surface area contributed by atoms with E-state index >= 15 is 0 Å². The molecule has 1 N–H and O–H groups in total. The van der Waals surface area contributed by atoms with E-state index in [-0.39, 0.29) is 15.6 Å². The van der Waals surface area contributed by atoms with Gasteiger partial charge in [0.15, 0.2) is 0 Å². The normalized spacial score (nSPS) is 18.4. The average Bonchev–Trinajstić information content (AvgIpc) is 2.73. The van der Waals surface area contributed by atoms with E-state index < -0.39 is 0 Å². The second kappa shape index (κ2) is 9.93. The van der Waals surface area contributed by atoms with Gasteiger partial charge < -0.3 is 10.1 Å². The third kappa shape index (κ3) is 6.41. The van der Waals surface area contributed by atoms with Gasteiger partial charge in [0.25, 0.3) is 0 Å². The van der Waals surface area contributed by atoms with Crippen LogP contribution in [0.4, 0.5) is 0 Å². The van der Waals surface area contributed by atoms with Crippen LogP contribution in [0.15, 0.2) is 65.6 Å². The van der Waals surface area contributed by atoms with Crippen molar-refractivity contribution in [3.63, 3.8) is 0 Å². The third-order valence-corrected chi connectivity index (χ3v) is 7.49. The monoisotopic (exact) mass is 461 g/mol. The van der Waals surface area contributed by atoms with E-state index in [1.54, 1.807) is 0 Å². The summed E-state index contributed by atoms with van der Waals surface area (Å²) in [5, 5.41) is 8.07. The fraction of sp³-hybridized carbons (Fsp3) is 0.433. The van der Waals surface area contributed by atoms with E-state index in [0.717, 1.165) is 24.2 Å². The fourth-order valence-electron chi connectivity index (χ4n) is 4.02. The Balaban J connectivity index is 1.83. The molecule has 0 aromatic heterocycles. The highest BCUT2D eigenvalue weighted by Gasteiger charge is 2.26. The molecule has 3 rings (SSSR count). The number of thioether (sulfide) groups is 1. The Hall–Kier alpha value is -2.26. The molecule has 33 heavy (non-hydrogen) atoms. The Bertz CT molecular complexity index is 1050. The molecule has 0 spiro atoms. The van der Waals surface area contributed by atoms with Crippen molar-refractivity contribution in [3.8, 4) is 5.75 Å². The van der Waals surface area contributed by atoms with Crippen LogP contribution in [0, 0.1) is 5.41 Å². The van der Waals surface area contributed by atoms with Crippen LogP contribution in [0.2, 0.25) is 0 Å². The van der Waals surface area contributed by atoms with E-state index in [0.29, 0.717) is 6.61 Å². The maximum Gasteiger partial charge on any atom is 0.131 e. The molecule has 0 aliphatic heterocycles. The summed E-state index contributed by atoms with van der Waals surface area (Å²) in [5.41, 5.74) is 4.53. The molecular weight excluding hydrogens is 422 g/mol. The molecule has 0 radical (unpaired) electrons. The van der Waals surface area contributed by atoms with E-state index in [1.165, 1.54) is 27.8 Å². The number of allylic oxidation sites excluding steroid dienone is 3. The number of rotatable bonds is 7. The minimum Gasteiger partial charge on any atom is -0.492 e. The zero-order valence-corrected chi connectivity index (χ0v) is 22.1. The topological polar surface area (TPSA) is 33.1 Å². The van der Waals surface area contributed by atoms with E-state index in [9.17, 15) is 0 Å². The first-order valence-electron chi connectivity index (χ1n) is 11.9. The SMILES string of the molecule is CC1(Sc2ccccc2CCOc2c(C=N)cc(C(C)(C)C)cc2C(C)(C)C)C=CC=CC1. The van der Waals surface area contributed by atoms with Gasteiger partial charge in [-0.3, -0.25) is 0 Å². The molecule has 1 aliphatic carbocycles. The van der Waals surface area contributed by atoms with Crippen LogP contribution < -0.4 is 4.74 Å². The third-order valence-electron chi connectivity index (χ3n) is 6.10. The summed E-state index contributed by atoms with van der Waals surface area (Å²) in [5.74, 6) is 0.850. The highest BCUT2D eigenvalue weighted by Crippen LogP contribution is 2.41. The standard InChI is InChI=1S/C30H39NOS/c1-28(2,3)24-19-23(21-31)27(25(20-24)29(4,5)6)32-18-15-22-13-9-10-14-26(22)33-30(7)16-11-8-12-17-30/h8-14,16,19-21,31H,15,17-18H2,1-7H3. The molecule has 0 bridgehead atoms. The second-order valence-corrected chi connectivity index (χ2v) is 12.8. The van der Waals surface area contributed by atoms with Crippen molar-refractivity contribution in [2.75, 3.05) is 6.61 Å². The molecule has 0 saturated heterocycles. The van der Waals surface area contributed by atoms with Crippen molar-refractivity contribution in [2.45, 2.75) is 81.8 Å². The lowest BCUT2D eigenvalue weighted by Crippen LogP contribution is -2.20. The summed E-state index contributed by atoms with van der Waals surface area (Å²) in [6, 6.07) is 13.1. The van der Waals surface area contributed by atoms with Crippen molar-refractivity contribution in [3.05, 3.63) is 83.0 Å². The molecule has 2 aromatic carbocycles. The van der Waals surface area contributed by atoms with Gasteiger partial charge in [0.1, 0.15) is 5.75 Å². The van der Waals surface area contributed by atoms with Gasteiger partial charge in [-0.2, -0.15) is 0 Å². The van der Waals surface area contributed by atoms with E-state index in [2.05, 4.69) is 109 Å². The summed E-state index contributed by atoms with van der Waals surface area (Å²) in [6.45, 7) is 16.2. The highest BCUT2D eigenvalue weighted by molar-refractivity contribution is 8.00. The first-order valence-corrected chi connectivity index (χ1v) is 12.7. The predicted octanol–water partition coefficient (Wildman–Crippen LogP) is 8.27. The highest BCUT2D eigenvalue weighted by atomic mass is 32.2. The molecule has 2 nitrogen and oxygen atoms in total. The second-order valence-electron chi connectivity index (χ2n) is 11.2. The Morgan fingerprint density at radius 3 is 2.36 bits per heavy atom. The quantitative estimate of drug-likeness (QED) is 0.421. The first-order chi connectivity index (χ1) is 15.4. The molecular formula is C30H39NOS. The molecule has 176 valence electrons. The Kier molecular flexibility index (Phi) is 7.63. The van der Waals surface area contributed by atoms with Crippen molar-refractivity contribution < 1.29 is 4.74 Å². The molecule has 3 heteroatoms. The average molecular weight is 462 g/mol. The maximum atomic E-state index is 8.07. The summed E-state index contributed by atoms with van der Waals surface area (Å²) in [6.07, 6.45) is 12.1. The maximum absolute atomic E-state index is 8.07. The van der Waals surface area contributed by atoms with Crippen LogP contribution in [0.5, 0.6) is 5.75 Å². The number of benzene rings is 2. The Morgan fingerprint density at radius 1 is 1.03 bits per heavy atom. The summed E-state index contributed by atoms with van der Waals surface area (Å²) in [7, 11) is 0. The van der Waals surface area contributed by atoms with Crippen LogP contribution in [0.25, 0.3) is 0 Å². The van der Waals surface area contributed by atoms with Crippen molar-refractivity contribution in [2.24, 2.45) is 0 Å². The number of ether oxygens (including phenoxy) is 1. The molecule has 0 fully saturated rings. The lowest BCUT2D eigenvalue weighted by atomic mass is 9.79. The summed E-state index contributed by atoms with van der Waals surface area (Å²) < 4.78 is 6.53. The van der Waals surface area contributed by atoms with Gasteiger partial charge in [-0.15, -0.1) is 11.8 Å².